The monoisotopic (exact) mass is 232 g/mol. The molecule has 1 unspecified atom stereocenters. The molecule has 0 bridgehead atoms. The predicted molar refractivity (Wildman–Crippen MR) is 60.6 cm³/mol. The fraction of sp³-hybridized carbons (Fsp3) is 0.444. The number of aromatic nitrogens is 1. The van der Waals surface area contributed by atoms with Gasteiger partial charge in [0.25, 0.3) is 0 Å². The normalized spacial score (nSPS) is 12.8. The number of hydrogen-bond acceptors (Lipinski definition) is 4. The number of nitrogen functional groups attached to an aromatic ring is 1. The maximum absolute atomic E-state index is 8.84. The summed E-state index contributed by atoms with van der Waals surface area (Å²) in [5, 5.41) is 10.2. The maximum Gasteiger partial charge on any atom is 0.115 e. The molecule has 0 amide bonds. The molecule has 1 atom stereocenters. The molecule has 0 radical (unpaired) electrons. The van der Waals surface area contributed by atoms with Crippen LogP contribution in [0.15, 0.2) is 17.3 Å². The quantitative estimate of drug-likeness (QED) is 0.780. The van der Waals surface area contributed by atoms with Crippen molar-refractivity contribution in [1.82, 2.24) is 4.98 Å². The van der Waals surface area contributed by atoms with Crippen molar-refractivity contribution in [3.05, 3.63) is 17.3 Å². The first-order chi connectivity index (χ1) is 6.63. The van der Waals surface area contributed by atoms with Crippen molar-refractivity contribution >= 4 is 29.1 Å². The van der Waals surface area contributed by atoms with Crippen molar-refractivity contribution in [3.63, 3.8) is 0 Å². The average Bonchev–Trinajstić information content (AvgIpc) is 2.16. The Kier molecular flexibility index (Phi) is 4.51. The van der Waals surface area contributed by atoms with Gasteiger partial charge in [-0.2, -0.15) is 0 Å². The molecule has 1 aromatic rings. The number of hydrogen-bond donors (Lipinski definition) is 2. The summed E-state index contributed by atoms with van der Waals surface area (Å²) in [5.74, 6) is 1.04. The second kappa shape index (κ2) is 5.44. The summed E-state index contributed by atoms with van der Waals surface area (Å²) in [6.45, 7) is 2.15. The average molecular weight is 233 g/mol. The fourth-order valence-corrected chi connectivity index (χ4v) is 2.03. The Morgan fingerprint density at radius 1 is 1.71 bits per heavy atom. The Morgan fingerprint density at radius 3 is 3.00 bits per heavy atom. The summed E-state index contributed by atoms with van der Waals surface area (Å²) in [6.07, 6.45) is 1.58. The van der Waals surface area contributed by atoms with Crippen LogP contribution in [-0.2, 0) is 0 Å². The number of rotatable bonds is 4. The van der Waals surface area contributed by atoms with Gasteiger partial charge in [0.15, 0.2) is 0 Å². The zero-order valence-corrected chi connectivity index (χ0v) is 9.48. The number of halogens is 1. The van der Waals surface area contributed by atoms with Crippen LogP contribution in [0.1, 0.15) is 6.92 Å². The second-order valence-corrected chi connectivity index (χ2v) is 4.57. The van der Waals surface area contributed by atoms with Crippen LogP contribution in [0.4, 0.5) is 5.69 Å². The van der Waals surface area contributed by atoms with Gasteiger partial charge in [0.2, 0.25) is 0 Å². The molecule has 5 heteroatoms. The van der Waals surface area contributed by atoms with Crippen molar-refractivity contribution in [1.29, 1.82) is 0 Å². The van der Waals surface area contributed by atoms with E-state index >= 15 is 0 Å². The minimum atomic E-state index is 0.180. The van der Waals surface area contributed by atoms with E-state index < -0.39 is 0 Å². The van der Waals surface area contributed by atoms with E-state index in [-0.39, 0.29) is 12.5 Å². The molecule has 0 saturated heterocycles. The highest BCUT2D eigenvalue weighted by Gasteiger charge is 2.06. The third-order valence-electron chi connectivity index (χ3n) is 1.64. The third kappa shape index (κ3) is 3.36. The van der Waals surface area contributed by atoms with Crippen LogP contribution in [0.3, 0.4) is 0 Å². The number of nitrogens with two attached hydrogens (primary N) is 1. The van der Waals surface area contributed by atoms with E-state index in [0.29, 0.717) is 10.7 Å². The van der Waals surface area contributed by atoms with Crippen LogP contribution >= 0.6 is 23.4 Å². The van der Waals surface area contributed by atoms with E-state index in [4.69, 9.17) is 22.4 Å². The zero-order chi connectivity index (χ0) is 10.6. The van der Waals surface area contributed by atoms with Gasteiger partial charge in [0.1, 0.15) is 5.03 Å². The number of aliphatic hydroxyl groups is 1. The van der Waals surface area contributed by atoms with Gasteiger partial charge >= 0.3 is 0 Å². The third-order valence-corrected chi connectivity index (χ3v) is 3.38. The van der Waals surface area contributed by atoms with Crippen molar-refractivity contribution < 1.29 is 5.11 Å². The van der Waals surface area contributed by atoms with Gasteiger partial charge in [-0.1, -0.05) is 18.5 Å². The lowest BCUT2D eigenvalue weighted by Gasteiger charge is -2.07. The van der Waals surface area contributed by atoms with Crippen LogP contribution in [-0.4, -0.2) is 22.5 Å². The Balaban J connectivity index is 2.59. The lowest BCUT2D eigenvalue weighted by Crippen LogP contribution is -2.03. The Labute approximate surface area is 92.7 Å². The van der Waals surface area contributed by atoms with Crippen molar-refractivity contribution in [2.45, 2.75) is 11.9 Å². The Morgan fingerprint density at radius 2 is 2.43 bits per heavy atom. The SMILES string of the molecule is CC(CO)CSc1ncc(N)cc1Cl. The molecule has 0 spiro atoms. The number of pyridine rings is 1. The highest BCUT2D eigenvalue weighted by molar-refractivity contribution is 7.99. The van der Waals surface area contributed by atoms with Gasteiger partial charge in [0.05, 0.1) is 16.9 Å². The summed E-state index contributed by atoms with van der Waals surface area (Å²) >= 11 is 7.46. The second-order valence-electron chi connectivity index (χ2n) is 3.15. The Bertz CT molecular complexity index is 309. The molecule has 1 heterocycles. The molecule has 3 N–H and O–H groups in total. The van der Waals surface area contributed by atoms with Gasteiger partial charge in [0, 0.05) is 12.4 Å². The number of nitrogens with zero attached hydrogens (tertiary/aromatic N) is 1. The molecule has 14 heavy (non-hydrogen) atoms. The molecular weight excluding hydrogens is 220 g/mol. The van der Waals surface area contributed by atoms with Crippen LogP contribution in [0.2, 0.25) is 5.02 Å². The van der Waals surface area contributed by atoms with Crippen molar-refractivity contribution in [2.24, 2.45) is 5.92 Å². The standard InChI is InChI=1S/C9H13ClN2OS/c1-6(4-13)5-14-9-8(10)2-7(11)3-12-9/h2-3,6,13H,4-5,11H2,1H3. The van der Waals surface area contributed by atoms with Crippen molar-refractivity contribution in [2.75, 3.05) is 18.1 Å². The van der Waals surface area contributed by atoms with E-state index in [2.05, 4.69) is 4.98 Å². The molecule has 0 fully saturated rings. The topological polar surface area (TPSA) is 59.1 Å². The minimum absolute atomic E-state index is 0.180. The van der Waals surface area contributed by atoms with Crippen LogP contribution in [0.25, 0.3) is 0 Å². The zero-order valence-electron chi connectivity index (χ0n) is 7.90. The molecular formula is C9H13ClN2OS. The molecule has 0 aromatic carbocycles. The van der Waals surface area contributed by atoms with Crippen molar-refractivity contribution in [3.8, 4) is 0 Å². The summed E-state index contributed by atoms with van der Waals surface area (Å²) in [5.41, 5.74) is 6.08. The van der Waals surface area contributed by atoms with E-state index in [1.54, 1.807) is 12.3 Å². The number of thioether (sulfide) groups is 1. The molecule has 0 saturated carbocycles. The van der Waals surface area contributed by atoms with E-state index in [1.165, 1.54) is 11.8 Å². The van der Waals surface area contributed by atoms with Gasteiger partial charge in [-0.15, -0.1) is 11.8 Å². The molecule has 1 aromatic heterocycles. The predicted octanol–water partition coefficient (Wildman–Crippen LogP) is 2.04. The van der Waals surface area contributed by atoms with Gasteiger partial charge < -0.3 is 10.8 Å². The molecule has 3 nitrogen and oxygen atoms in total. The largest absolute Gasteiger partial charge is 0.397 e. The lowest BCUT2D eigenvalue weighted by atomic mass is 10.2. The van der Waals surface area contributed by atoms with Crippen LogP contribution < -0.4 is 5.73 Å². The summed E-state index contributed by atoms with van der Waals surface area (Å²) in [6, 6.07) is 1.68. The first-order valence-electron chi connectivity index (χ1n) is 4.28. The van der Waals surface area contributed by atoms with Crippen LogP contribution in [0.5, 0.6) is 0 Å². The fourth-order valence-electron chi connectivity index (χ4n) is 0.820. The maximum atomic E-state index is 8.84. The first-order valence-corrected chi connectivity index (χ1v) is 5.64. The number of anilines is 1. The number of aliphatic hydroxyl groups excluding tert-OH is 1. The van der Waals surface area contributed by atoms with E-state index in [9.17, 15) is 0 Å². The molecule has 1 rings (SSSR count). The highest BCUT2D eigenvalue weighted by Crippen LogP contribution is 2.27. The first kappa shape index (κ1) is 11.6. The van der Waals surface area contributed by atoms with Gasteiger partial charge in [-0.3, -0.25) is 0 Å². The highest BCUT2D eigenvalue weighted by atomic mass is 35.5. The van der Waals surface area contributed by atoms with E-state index in [0.717, 1.165) is 10.8 Å². The molecule has 78 valence electrons. The Hall–Kier alpha value is -0.450. The van der Waals surface area contributed by atoms with Gasteiger partial charge in [-0.25, -0.2) is 4.98 Å². The minimum Gasteiger partial charge on any atom is -0.397 e. The van der Waals surface area contributed by atoms with Gasteiger partial charge in [-0.05, 0) is 12.0 Å². The summed E-state index contributed by atoms with van der Waals surface area (Å²) in [4.78, 5) is 4.11. The summed E-state index contributed by atoms with van der Waals surface area (Å²) < 4.78 is 0. The van der Waals surface area contributed by atoms with Crippen LogP contribution in [0, 0.1) is 5.92 Å². The smallest absolute Gasteiger partial charge is 0.115 e. The molecule has 0 aliphatic heterocycles. The molecule has 0 aliphatic rings. The molecule has 0 aliphatic carbocycles. The van der Waals surface area contributed by atoms with E-state index in [1.807, 2.05) is 6.92 Å². The summed E-state index contributed by atoms with van der Waals surface area (Å²) in [7, 11) is 0. The lowest BCUT2D eigenvalue weighted by molar-refractivity contribution is 0.250.